The quantitative estimate of drug-likeness (QED) is 0.771. The molecule has 0 unspecified atom stereocenters. The lowest BCUT2D eigenvalue weighted by atomic mass is 9.98. The average Bonchev–Trinajstić information content (AvgIpc) is 2.85. The maximum Gasteiger partial charge on any atom is 0.424 e. The van der Waals surface area contributed by atoms with Gasteiger partial charge in [-0.3, -0.25) is 4.79 Å². The molecule has 3 rings (SSSR count). The van der Waals surface area contributed by atoms with Crippen LogP contribution in [0.4, 0.5) is 13.2 Å². The molecule has 0 saturated heterocycles. The van der Waals surface area contributed by atoms with E-state index in [0.717, 1.165) is 49.9 Å². The number of para-hydroxylation sites is 1. The van der Waals surface area contributed by atoms with Crippen molar-refractivity contribution in [3.8, 4) is 0 Å². The Morgan fingerprint density at radius 2 is 1.85 bits per heavy atom. The molecule has 1 atom stereocenters. The molecule has 8 heteroatoms. The van der Waals surface area contributed by atoms with Gasteiger partial charge in [0.1, 0.15) is 5.01 Å². The third-order valence-corrected chi connectivity index (χ3v) is 5.94. The number of nitrogens with zero attached hydrogens (tertiary/aromatic N) is 1. The van der Waals surface area contributed by atoms with Crippen LogP contribution >= 0.6 is 11.3 Å². The van der Waals surface area contributed by atoms with E-state index < -0.39 is 29.1 Å². The number of benzene rings is 1. The predicted octanol–water partition coefficient (Wildman–Crippen LogP) is 4.28. The number of aliphatic hydroxyl groups is 1. The molecule has 4 nitrogen and oxygen atoms in total. The summed E-state index contributed by atoms with van der Waals surface area (Å²) >= 11 is 0.761. The molecule has 1 aromatic heterocycles. The van der Waals surface area contributed by atoms with Gasteiger partial charge in [0.05, 0.1) is 16.6 Å². The van der Waals surface area contributed by atoms with Gasteiger partial charge in [-0.15, -0.1) is 11.3 Å². The Hall–Kier alpha value is -1.67. The van der Waals surface area contributed by atoms with Crippen LogP contribution < -0.4 is 5.32 Å². The molecule has 0 bridgehead atoms. The molecule has 1 aromatic carbocycles. The fourth-order valence-corrected chi connectivity index (χ4v) is 4.35. The Morgan fingerprint density at radius 3 is 2.46 bits per heavy atom. The lowest BCUT2D eigenvalue weighted by Crippen LogP contribution is -2.47. The van der Waals surface area contributed by atoms with E-state index in [0.29, 0.717) is 10.2 Å². The van der Waals surface area contributed by atoms with Gasteiger partial charge in [-0.2, -0.15) is 13.2 Å². The number of hydrogen-bond acceptors (Lipinski definition) is 4. The second-order valence-corrected chi connectivity index (χ2v) is 7.81. The van der Waals surface area contributed by atoms with Gasteiger partial charge in [-0.05, 0) is 25.0 Å². The van der Waals surface area contributed by atoms with Gasteiger partial charge in [-0.25, -0.2) is 4.98 Å². The minimum atomic E-state index is -5.00. The maximum absolute atomic E-state index is 13.7. The first-order valence-corrected chi connectivity index (χ1v) is 9.56. The Bertz CT molecular complexity index is 736. The number of amides is 1. The van der Waals surface area contributed by atoms with Crippen LogP contribution in [0, 0.1) is 0 Å². The van der Waals surface area contributed by atoms with Gasteiger partial charge < -0.3 is 10.4 Å². The van der Waals surface area contributed by atoms with Crippen molar-refractivity contribution in [2.45, 2.75) is 62.8 Å². The summed E-state index contributed by atoms with van der Waals surface area (Å²) in [5.41, 5.74) is -2.91. The van der Waals surface area contributed by atoms with Crippen molar-refractivity contribution in [1.82, 2.24) is 10.3 Å². The van der Waals surface area contributed by atoms with Crippen LogP contribution in [0.15, 0.2) is 24.3 Å². The molecule has 26 heavy (non-hydrogen) atoms. The first-order valence-electron chi connectivity index (χ1n) is 8.74. The second kappa shape index (κ2) is 7.52. The molecule has 0 aliphatic heterocycles. The van der Waals surface area contributed by atoms with Crippen LogP contribution in [-0.2, 0) is 10.4 Å². The molecule has 2 N–H and O–H groups in total. The molecule has 1 aliphatic carbocycles. The highest BCUT2D eigenvalue weighted by molar-refractivity contribution is 7.18. The average molecular weight is 386 g/mol. The predicted molar refractivity (Wildman–Crippen MR) is 93.8 cm³/mol. The summed E-state index contributed by atoms with van der Waals surface area (Å²) < 4.78 is 41.5. The van der Waals surface area contributed by atoms with Crippen LogP contribution in [0.5, 0.6) is 0 Å². The van der Waals surface area contributed by atoms with Crippen LogP contribution in [-0.4, -0.2) is 28.2 Å². The van der Waals surface area contributed by atoms with Crippen LogP contribution in [0.2, 0.25) is 0 Å². The van der Waals surface area contributed by atoms with Gasteiger partial charge in [-0.1, -0.05) is 37.8 Å². The van der Waals surface area contributed by atoms with Crippen molar-refractivity contribution in [3.63, 3.8) is 0 Å². The molecular weight excluding hydrogens is 365 g/mol. The van der Waals surface area contributed by atoms with Crippen molar-refractivity contribution in [1.29, 1.82) is 0 Å². The van der Waals surface area contributed by atoms with Crippen LogP contribution in [0.25, 0.3) is 10.2 Å². The molecule has 142 valence electrons. The van der Waals surface area contributed by atoms with Gasteiger partial charge in [0.25, 0.3) is 0 Å². The normalized spacial score (nSPS) is 19.1. The smallest absolute Gasteiger partial charge is 0.374 e. The summed E-state index contributed by atoms with van der Waals surface area (Å²) in [5, 5.41) is 12.6. The van der Waals surface area contributed by atoms with Gasteiger partial charge in [0.2, 0.25) is 11.5 Å². The molecule has 0 radical (unpaired) electrons. The standard InChI is InChI=1S/C18H21F3N2O2S/c19-18(20,21)17(25,16-23-13-9-5-6-10-14(13)26-16)11-15(24)22-12-7-3-1-2-4-8-12/h5-6,9-10,12,25H,1-4,7-8,11H2,(H,22,24)/t17-/m1/s1. The largest absolute Gasteiger partial charge is 0.424 e. The molecule has 1 heterocycles. The fourth-order valence-electron chi connectivity index (χ4n) is 3.28. The van der Waals surface area contributed by atoms with Crippen molar-refractivity contribution in [3.05, 3.63) is 29.3 Å². The summed E-state index contributed by atoms with van der Waals surface area (Å²) in [5.74, 6) is -0.795. The van der Waals surface area contributed by atoms with Crippen molar-refractivity contribution in [2.24, 2.45) is 0 Å². The minimum Gasteiger partial charge on any atom is -0.374 e. The number of alkyl halides is 3. The number of thiazole rings is 1. The number of fused-ring (bicyclic) bond motifs is 1. The van der Waals surface area contributed by atoms with E-state index >= 15 is 0 Å². The molecule has 1 saturated carbocycles. The lowest BCUT2D eigenvalue weighted by Gasteiger charge is -2.28. The van der Waals surface area contributed by atoms with E-state index in [2.05, 4.69) is 10.3 Å². The molecule has 1 fully saturated rings. The van der Waals surface area contributed by atoms with Crippen molar-refractivity contribution < 1.29 is 23.1 Å². The first-order chi connectivity index (χ1) is 12.3. The Morgan fingerprint density at radius 1 is 1.19 bits per heavy atom. The van der Waals surface area contributed by atoms with E-state index in [1.54, 1.807) is 24.3 Å². The molecule has 2 aromatic rings. The van der Waals surface area contributed by atoms with E-state index in [-0.39, 0.29) is 6.04 Å². The fraction of sp³-hybridized carbons (Fsp3) is 0.556. The number of carbonyl (C=O) groups is 1. The Balaban J connectivity index is 1.82. The highest BCUT2D eigenvalue weighted by Gasteiger charge is 2.58. The second-order valence-electron chi connectivity index (χ2n) is 6.78. The van der Waals surface area contributed by atoms with E-state index in [9.17, 15) is 23.1 Å². The zero-order valence-corrected chi connectivity index (χ0v) is 15.0. The van der Waals surface area contributed by atoms with Crippen molar-refractivity contribution >= 4 is 27.5 Å². The maximum atomic E-state index is 13.7. The zero-order valence-electron chi connectivity index (χ0n) is 14.2. The van der Waals surface area contributed by atoms with Gasteiger partial charge >= 0.3 is 6.18 Å². The summed E-state index contributed by atoms with van der Waals surface area (Å²) in [6, 6.07) is 6.45. The Kier molecular flexibility index (Phi) is 5.53. The number of aromatic nitrogens is 1. The summed E-state index contributed by atoms with van der Waals surface area (Å²) in [7, 11) is 0. The van der Waals surface area contributed by atoms with E-state index in [1.807, 2.05) is 0 Å². The highest BCUT2D eigenvalue weighted by Crippen LogP contribution is 2.44. The first kappa shape index (κ1) is 19.1. The van der Waals surface area contributed by atoms with E-state index in [1.165, 1.54) is 0 Å². The summed E-state index contributed by atoms with van der Waals surface area (Å²) in [6.07, 6.45) is -0.503. The highest BCUT2D eigenvalue weighted by atomic mass is 32.1. The third-order valence-electron chi connectivity index (χ3n) is 4.75. The summed E-state index contributed by atoms with van der Waals surface area (Å²) in [4.78, 5) is 16.2. The third kappa shape index (κ3) is 4.01. The Labute approximate surface area is 153 Å². The number of rotatable bonds is 4. The molecule has 1 aliphatic rings. The van der Waals surface area contributed by atoms with Crippen LogP contribution in [0.1, 0.15) is 50.0 Å². The summed E-state index contributed by atoms with van der Waals surface area (Å²) in [6.45, 7) is 0. The van der Waals surface area contributed by atoms with Gasteiger partial charge in [0.15, 0.2) is 0 Å². The monoisotopic (exact) mass is 386 g/mol. The molecular formula is C18H21F3N2O2S. The number of nitrogens with one attached hydrogen (secondary N) is 1. The minimum absolute atomic E-state index is 0.127. The topological polar surface area (TPSA) is 62.2 Å². The van der Waals surface area contributed by atoms with Crippen LogP contribution in [0.3, 0.4) is 0 Å². The number of halogens is 3. The number of carbonyl (C=O) groups excluding carboxylic acids is 1. The van der Waals surface area contributed by atoms with Gasteiger partial charge in [0, 0.05) is 6.04 Å². The SMILES string of the molecule is O=C(C[C@@](O)(c1nc2ccccc2s1)C(F)(F)F)NC1CCCCCC1. The lowest BCUT2D eigenvalue weighted by molar-refractivity contribution is -0.267. The zero-order chi connectivity index (χ0) is 18.8. The molecule has 1 amide bonds. The number of hydrogen-bond donors (Lipinski definition) is 2. The molecule has 0 spiro atoms. The van der Waals surface area contributed by atoms with E-state index in [4.69, 9.17) is 0 Å². The van der Waals surface area contributed by atoms with Crippen molar-refractivity contribution in [2.75, 3.05) is 0 Å².